The number of hydrogen-bond acceptors (Lipinski definition) is 5. The second kappa shape index (κ2) is 18.9. The van der Waals surface area contributed by atoms with Crippen LogP contribution in [0.1, 0.15) is 84.6 Å². The number of aldehydes is 1. The molecule has 2 fully saturated rings. The molecule has 1 aromatic rings. The zero-order chi connectivity index (χ0) is 25.9. The Hall–Kier alpha value is -2.43. The van der Waals surface area contributed by atoms with Crippen molar-refractivity contribution in [1.29, 1.82) is 0 Å². The Morgan fingerprint density at radius 1 is 0.912 bits per heavy atom. The van der Waals surface area contributed by atoms with E-state index in [0.717, 1.165) is 68.0 Å². The second-order valence-electron chi connectivity index (χ2n) is 9.33. The topological polar surface area (TPSA) is 69.7 Å². The van der Waals surface area contributed by atoms with Gasteiger partial charge in [-0.05, 0) is 94.9 Å². The number of carbonyl (C=O) groups excluding carboxylic acids is 3. The van der Waals surface area contributed by atoms with E-state index in [1.54, 1.807) is 13.2 Å². The van der Waals surface area contributed by atoms with Crippen LogP contribution >= 0.6 is 0 Å². The van der Waals surface area contributed by atoms with E-state index in [1.165, 1.54) is 12.8 Å². The predicted molar refractivity (Wildman–Crippen MR) is 139 cm³/mol. The van der Waals surface area contributed by atoms with E-state index in [-0.39, 0.29) is 11.9 Å². The summed E-state index contributed by atoms with van der Waals surface area (Å²) in [6, 6.07) is 5.47. The molecule has 1 aromatic carbocycles. The van der Waals surface area contributed by atoms with Crippen molar-refractivity contribution in [2.75, 3.05) is 7.11 Å². The highest BCUT2D eigenvalue weighted by molar-refractivity contribution is 5.75. The van der Waals surface area contributed by atoms with Gasteiger partial charge >= 0.3 is 5.97 Å². The zero-order valence-corrected chi connectivity index (χ0v) is 22.2. The van der Waals surface area contributed by atoms with Gasteiger partial charge in [-0.15, -0.1) is 0 Å². The zero-order valence-electron chi connectivity index (χ0n) is 22.2. The number of methoxy groups -OCH3 is 1. The maximum atomic E-state index is 12.1. The van der Waals surface area contributed by atoms with E-state index in [4.69, 9.17) is 14.3 Å². The van der Waals surface area contributed by atoms with Crippen LogP contribution in [0.15, 0.2) is 30.4 Å². The summed E-state index contributed by atoms with van der Waals surface area (Å²) in [5, 5.41) is 0. The molecule has 0 spiro atoms. The highest BCUT2D eigenvalue weighted by atomic mass is 16.5. The van der Waals surface area contributed by atoms with Crippen molar-refractivity contribution in [3.05, 3.63) is 35.9 Å². The minimum Gasteiger partial charge on any atom is -0.496 e. The van der Waals surface area contributed by atoms with Crippen molar-refractivity contribution in [2.45, 2.75) is 86.0 Å². The highest BCUT2D eigenvalue weighted by Gasteiger charge is 2.26. The van der Waals surface area contributed by atoms with Gasteiger partial charge in [0.05, 0.1) is 13.0 Å². The third-order valence-electron chi connectivity index (χ3n) is 6.52. The molecular formula is C29H46O5. The molecule has 192 valence electrons. The van der Waals surface area contributed by atoms with Crippen LogP contribution in [-0.2, 0) is 14.4 Å². The first-order chi connectivity index (χ1) is 16.3. The molecule has 3 rings (SSSR count). The van der Waals surface area contributed by atoms with Gasteiger partial charge in [-0.3, -0.25) is 4.79 Å². The number of rotatable bonds is 4. The molecule has 0 saturated heterocycles. The van der Waals surface area contributed by atoms with Crippen molar-refractivity contribution >= 4 is 19.0 Å². The molecule has 0 atom stereocenters. The molecule has 2 aliphatic rings. The summed E-state index contributed by atoms with van der Waals surface area (Å²) in [5.41, 5.74) is 0.977. The fourth-order valence-electron chi connectivity index (χ4n) is 4.03. The maximum absolute atomic E-state index is 12.1. The van der Waals surface area contributed by atoms with Crippen LogP contribution in [0.4, 0.5) is 0 Å². The molecule has 0 aliphatic heterocycles. The van der Waals surface area contributed by atoms with E-state index < -0.39 is 0 Å². The van der Waals surface area contributed by atoms with Gasteiger partial charge in [0, 0.05) is 5.92 Å². The number of hydrogen-bond donors (Lipinski definition) is 0. The molecule has 2 aliphatic carbocycles. The SMILES string of the molecule is C/C=C\C.C=O.CC1CCC(C=O)CC1.COc1ccc(OC(=O)C2CCC(C)CC2)cc1C. The standard InChI is InChI=1S/C16H22O3.C8H14O.C4H8.CH2O/c1-11-4-6-13(7-5-11)16(17)19-14-8-9-15(18-3)12(2)10-14;1-7-2-4-8(6-9)5-3-7;1-3-4-2;1-2/h8-11,13H,4-7H2,1-3H3;6-8H,2-5H2,1H3;3-4H,1-2H3;1H2/b;;4-3-;. The van der Waals surface area contributed by atoms with Gasteiger partial charge < -0.3 is 19.1 Å². The molecule has 34 heavy (non-hydrogen) atoms. The Labute approximate surface area is 207 Å². The quantitative estimate of drug-likeness (QED) is 0.201. The minimum absolute atomic E-state index is 0.0682. The van der Waals surface area contributed by atoms with E-state index in [2.05, 4.69) is 13.8 Å². The molecule has 0 heterocycles. The Bertz CT molecular complexity index is 707. The summed E-state index contributed by atoms with van der Waals surface area (Å²) in [7, 11) is 1.64. The predicted octanol–water partition coefficient (Wildman–Crippen LogP) is 7.14. The number of carbonyl (C=O) groups is 3. The van der Waals surface area contributed by atoms with Crippen LogP contribution < -0.4 is 9.47 Å². The molecule has 0 aromatic heterocycles. The lowest BCUT2D eigenvalue weighted by molar-refractivity contribution is -0.140. The van der Waals surface area contributed by atoms with Crippen molar-refractivity contribution in [2.24, 2.45) is 23.7 Å². The van der Waals surface area contributed by atoms with Crippen LogP contribution in [0, 0.1) is 30.6 Å². The fraction of sp³-hybridized carbons (Fsp3) is 0.621. The average Bonchev–Trinajstić information content (AvgIpc) is 2.87. The third-order valence-corrected chi connectivity index (χ3v) is 6.52. The normalized spacial score (nSPS) is 23.6. The van der Waals surface area contributed by atoms with Crippen LogP contribution in [0.3, 0.4) is 0 Å². The monoisotopic (exact) mass is 474 g/mol. The van der Waals surface area contributed by atoms with Crippen molar-refractivity contribution in [3.8, 4) is 11.5 Å². The van der Waals surface area contributed by atoms with Gasteiger partial charge in [-0.1, -0.05) is 38.8 Å². The first-order valence-electron chi connectivity index (χ1n) is 12.5. The Balaban J connectivity index is 0.000000602. The molecule has 0 N–H and O–H groups in total. The number of ether oxygens (including phenoxy) is 2. The van der Waals surface area contributed by atoms with Crippen LogP contribution in [-0.4, -0.2) is 26.2 Å². The van der Waals surface area contributed by atoms with E-state index in [9.17, 15) is 9.59 Å². The van der Waals surface area contributed by atoms with Gasteiger partial charge in [-0.25, -0.2) is 0 Å². The lowest BCUT2D eigenvalue weighted by atomic mass is 9.83. The minimum atomic E-state index is -0.0866. The smallest absolute Gasteiger partial charge is 0.314 e. The summed E-state index contributed by atoms with van der Waals surface area (Å²) in [4.78, 5) is 30.4. The van der Waals surface area contributed by atoms with Gasteiger partial charge in [0.25, 0.3) is 0 Å². The fourth-order valence-corrected chi connectivity index (χ4v) is 4.03. The van der Waals surface area contributed by atoms with Gasteiger partial charge in [0.15, 0.2) is 0 Å². The summed E-state index contributed by atoms with van der Waals surface area (Å²) >= 11 is 0. The van der Waals surface area contributed by atoms with Crippen LogP contribution in [0.25, 0.3) is 0 Å². The van der Waals surface area contributed by atoms with Crippen LogP contribution in [0.5, 0.6) is 11.5 Å². The first-order valence-corrected chi connectivity index (χ1v) is 12.5. The number of allylic oxidation sites excluding steroid dienone is 2. The highest BCUT2D eigenvalue weighted by Crippen LogP contribution is 2.30. The molecular weight excluding hydrogens is 428 g/mol. The van der Waals surface area contributed by atoms with Crippen molar-refractivity contribution in [3.63, 3.8) is 0 Å². The van der Waals surface area contributed by atoms with Crippen molar-refractivity contribution < 1.29 is 23.9 Å². The van der Waals surface area contributed by atoms with E-state index >= 15 is 0 Å². The van der Waals surface area contributed by atoms with Crippen LogP contribution in [0.2, 0.25) is 0 Å². The molecule has 0 radical (unpaired) electrons. The van der Waals surface area contributed by atoms with Gasteiger partial charge in [0.2, 0.25) is 0 Å². The summed E-state index contributed by atoms with van der Waals surface area (Å²) in [6.45, 7) is 12.5. The van der Waals surface area contributed by atoms with Gasteiger partial charge in [-0.2, -0.15) is 0 Å². The Morgan fingerprint density at radius 2 is 1.41 bits per heavy atom. The summed E-state index contributed by atoms with van der Waals surface area (Å²) < 4.78 is 10.7. The molecule has 5 heteroatoms. The lowest BCUT2D eigenvalue weighted by Gasteiger charge is -2.24. The number of benzene rings is 1. The summed E-state index contributed by atoms with van der Waals surface area (Å²) in [6.07, 6.45) is 14.0. The van der Waals surface area contributed by atoms with Crippen molar-refractivity contribution in [1.82, 2.24) is 0 Å². The molecule has 5 nitrogen and oxygen atoms in total. The number of esters is 1. The Kier molecular flexibility index (Phi) is 17.6. The lowest BCUT2D eigenvalue weighted by Crippen LogP contribution is -2.24. The van der Waals surface area contributed by atoms with E-state index in [0.29, 0.717) is 11.7 Å². The number of aryl methyl sites for hydroxylation is 1. The van der Waals surface area contributed by atoms with Gasteiger partial charge in [0.1, 0.15) is 24.6 Å². The summed E-state index contributed by atoms with van der Waals surface area (Å²) in [5.74, 6) is 3.40. The molecule has 0 unspecified atom stereocenters. The largest absolute Gasteiger partial charge is 0.496 e. The molecule has 0 bridgehead atoms. The Morgan fingerprint density at radius 3 is 1.82 bits per heavy atom. The molecule has 0 amide bonds. The maximum Gasteiger partial charge on any atom is 0.314 e. The average molecular weight is 475 g/mol. The molecule has 2 saturated carbocycles. The third kappa shape index (κ3) is 12.7. The first kappa shape index (κ1) is 31.6. The second-order valence-corrected chi connectivity index (χ2v) is 9.33. The van der Waals surface area contributed by atoms with E-state index in [1.807, 2.05) is 51.8 Å².